The molecule has 0 spiro atoms. The van der Waals surface area contributed by atoms with Crippen LogP contribution in [0.1, 0.15) is 10.4 Å². The highest BCUT2D eigenvalue weighted by Gasteiger charge is 2.31. The van der Waals surface area contributed by atoms with Crippen LogP contribution in [0.5, 0.6) is 17.2 Å². The lowest BCUT2D eigenvalue weighted by Gasteiger charge is -2.10. The van der Waals surface area contributed by atoms with Crippen molar-refractivity contribution in [3.05, 3.63) is 78.7 Å². The van der Waals surface area contributed by atoms with E-state index in [1.54, 1.807) is 42.5 Å². The molecule has 0 fully saturated rings. The minimum absolute atomic E-state index is 0.332. The molecule has 0 saturated heterocycles. The summed E-state index contributed by atoms with van der Waals surface area (Å²) in [7, 11) is 0. The minimum Gasteiger partial charge on any atom is -0.457 e. The number of hydrogen-bond donors (Lipinski definition) is 1. The summed E-state index contributed by atoms with van der Waals surface area (Å²) in [6, 6.07) is 16.6. The molecule has 9 heteroatoms. The zero-order valence-corrected chi connectivity index (χ0v) is 15.1. The van der Waals surface area contributed by atoms with E-state index in [9.17, 15) is 18.0 Å². The zero-order valence-electron chi connectivity index (χ0n) is 15.1. The van der Waals surface area contributed by atoms with Gasteiger partial charge in [0.05, 0.1) is 5.56 Å². The average molecular weight is 414 g/mol. The van der Waals surface area contributed by atoms with Crippen molar-refractivity contribution in [2.45, 2.75) is 6.36 Å². The number of hydrogen-bond acceptors (Lipinski definition) is 5. The summed E-state index contributed by atoms with van der Waals surface area (Å²) >= 11 is 0. The lowest BCUT2D eigenvalue weighted by molar-refractivity contribution is -0.274. The number of nitrogens with zero attached hydrogens (tertiary/aromatic N) is 1. The summed E-state index contributed by atoms with van der Waals surface area (Å²) in [6.07, 6.45) is -3.48. The van der Waals surface area contributed by atoms with Crippen molar-refractivity contribution in [1.29, 1.82) is 0 Å². The highest BCUT2D eigenvalue weighted by atomic mass is 19.4. The minimum atomic E-state index is -4.75. The fourth-order valence-corrected chi connectivity index (χ4v) is 2.72. The number of nitrogens with one attached hydrogen (secondary N) is 1. The number of alkyl halides is 3. The number of rotatable bonds is 5. The molecule has 1 heterocycles. The van der Waals surface area contributed by atoms with Gasteiger partial charge in [0.25, 0.3) is 5.91 Å². The predicted molar refractivity (Wildman–Crippen MR) is 102 cm³/mol. The Hall–Kier alpha value is -4.01. The van der Waals surface area contributed by atoms with Crippen LogP contribution in [-0.4, -0.2) is 17.3 Å². The van der Waals surface area contributed by atoms with Crippen LogP contribution in [0.3, 0.4) is 0 Å². The largest absolute Gasteiger partial charge is 0.573 e. The van der Waals surface area contributed by atoms with Crippen LogP contribution in [0.15, 0.2) is 77.5 Å². The molecule has 4 rings (SSSR count). The average Bonchev–Trinajstić information content (AvgIpc) is 3.19. The first-order valence-corrected chi connectivity index (χ1v) is 8.65. The molecule has 0 radical (unpaired) electrons. The summed E-state index contributed by atoms with van der Waals surface area (Å²) < 4.78 is 51.2. The number of aromatic nitrogens is 1. The second kappa shape index (κ2) is 7.78. The summed E-state index contributed by atoms with van der Waals surface area (Å²) in [6.45, 7) is 0. The van der Waals surface area contributed by atoms with Crippen molar-refractivity contribution in [3.63, 3.8) is 0 Å². The first-order chi connectivity index (χ1) is 14.4. The van der Waals surface area contributed by atoms with Crippen LogP contribution < -0.4 is 14.8 Å². The van der Waals surface area contributed by atoms with Gasteiger partial charge >= 0.3 is 6.36 Å². The van der Waals surface area contributed by atoms with E-state index in [1.807, 2.05) is 0 Å². The normalized spacial score (nSPS) is 11.3. The number of fused-ring (bicyclic) bond motifs is 1. The fraction of sp³-hybridized carbons (Fsp3) is 0.0476. The molecule has 30 heavy (non-hydrogen) atoms. The van der Waals surface area contributed by atoms with Crippen LogP contribution in [0.2, 0.25) is 0 Å². The Labute approximate surface area is 167 Å². The van der Waals surface area contributed by atoms with Crippen LogP contribution in [-0.2, 0) is 0 Å². The first-order valence-electron chi connectivity index (χ1n) is 8.65. The third-order valence-corrected chi connectivity index (χ3v) is 4.01. The summed E-state index contributed by atoms with van der Waals surface area (Å²) in [4.78, 5) is 16.5. The Kier molecular flexibility index (Phi) is 5.01. The zero-order chi connectivity index (χ0) is 21.1. The van der Waals surface area contributed by atoms with E-state index in [-0.39, 0.29) is 11.7 Å². The molecule has 0 unspecified atom stereocenters. The standard InChI is InChI=1S/C21H13F3N2O4/c22-21(23,24)30-16-10-8-15(9-11-16)29-14-6-4-13(5-7-14)26-20(27)17-2-1-3-18-19(17)28-12-25-18/h1-12H,(H,26,27). The van der Waals surface area contributed by atoms with Gasteiger partial charge in [-0.2, -0.15) is 0 Å². The first kappa shape index (κ1) is 19.3. The Bertz CT molecular complexity index is 1170. The Morgan fingerprint density at radius 3 is 2.20 bits per heavy atom. The predicted octanol–water partition coefficient (Wildman–Crippen LogP) is 5.77. The van der Waals surface area contributed by atoms with Crippen LogP contribution in [0.4, 0.5) is 18.9 Å². The number of oxazole rings is 1. The number of anilines is 1. The van der Waals surface area contributed by atoms with E-state index >= 15 is 0 Å². The van der Waals surface area contributed by atoms with E-state index in [0.717, 1.165) is 12.1 Å². The quantitative estimate of drug-likeness (QED) is 0.449. The number of amides is 1. The smallest absolute Gasteiger partial charge is 0.457 e. The van der Waals surface area contributed by atoms with Gasteiger partial charge in [0.15, 0.2) is 12.0 Å². The molecule has 4 aromatic rings. The molecule has 1 N–H and O–H groups in total. The van der Waals surface area contributed by atoms with Gasteiger partial charge in [-0.15, -0.1) is 13.2 Å². The van der Waals surface area contributed by atoms with Crippen LogP contribution >= 0.6 is 0 Å². The SMILES string of the molecule is O=C(Nc1ccc(Oc2ccc(OC(F)(F)F)cc2)cc1)c1cccc2ncoc12. The second-order valence-corrected chi connectivity index (χ2v) is 6.11. The third-order valence-electron chi connectivity index (χ3n) is 4.01. The molecular weight excluding hydrogens is 401 g/mol. The molecule has 3 aromatic carbocycles. The molecule has 0 aliphatic heterocycles. The maximum Gasteiger partial charge on any atom is 0.573 e. The van der Waals surface area contributed by atoms with E-state index in [4.69, 9.17) is 9.15 Å². The monoisotopic (exact) mass is 414 g/mol. The molecule has 1 aromatic heterocycles. The fourth-order valence-electron chi connectivity index (χ4n) is 2.72. The number of benzene rings is 3. The molecule has 0 saturated carbocycles. The van der Waals surface area contributed by atoms with E-state index in [2.05, 4.69) is 15.0 Å². The summed E-state index contributed by atoms with van der Waals surface area (Å²) in [5.74, 6) is 0.0779. The number of carbonyl (C=O) groups excluding carboxylic acids is 1. The van der Waals surface area contributed by atoms with E-state index < -0.39 is 6.36 Å². The van der Waals surface area contributed by atoms with Gasteiger partial charge in [-0.3, -0.25) is 4.79 Å². The van der Waals surface area contributed by atoms with Crippen molar-refractivity contribution in [3.8, 4) is 17.2 Å². The third kappa shape index (κ3) is 4.52. The van der Waals surface area contributed by atoms with Crippen molar-refractivity contribution < 1.29 is 31.9 Å². The van der Waals surface area contributed by atoms with Gasteiger partial charge in [-0.1, -0.05) is 6.07 Å². The maximum atomic E-state index is 12.5. The molecule has 1 amide bonds. The Morgan fingerprint density at radius 2 is 1.53 bits per heavy atom. The van der Waals surface area contributed by atoms with Gasteiger partial charge in [-0.25, -0.2) is 4.98 Å². The second-order valence-electron chi connectivity index (χ2n) is 6.11. The number of carbonyl (C=O) groups is 1. The van der Waals surface area contributed by atoms with E-state index in [1.165, 1.54) is 18.5 Å². The number of para-hydroxylation sites is 1. The summed E-state index contributed by atoms with van der Waals surface area (Å²) in [5.41, 5.74) is 1.86. The van der Waals surface area contributed by atoms with Crippen molar-refractivity contribution in [2.24, 2.45) is 0 Å². The lowest BCUT2D eigenvalue weighted by atomic mass is 10.2. The van der Waals surface area contributed by atoms with Gasteiger partial charge in [0, 0.05) is 5.69 Å². The van der Waals surface area contributed by atoms with Crippen molar-refractivity contribution >= 4 is 22.7 Å². The van der Waals surface area contributed by atoms with Crippen LogP contribution in [0.25, 0.3) is 11.1 Å². The topological polar surface area (TPSA) is 73.6 Å². The van der Waals surface area contributed by atoms with Gasteiger partial charge in [0.2, 0.25) is 0 Å². The molecular formula is C21H13F3N2O4. The Balaban J connectivity index is 1.40. The van der Waals surface area contributed by atoms with Crippen molar-refractivity contribution in [1.82, 2.24) is 4.98 Å². The number of halogens is 3. The maximum absolute atomic E-state index is 12.5. The lowest BCUT2D eigenvalue weighted by Crippen LogP contribution is -2.16. The summed E-state index contributed by atoms with van der Waals surface area (Å²) in [5, 5.41) is 2.76. The number of ether oxygens (including phenoxy) is 2. The molecule has 0 aliphatic rings. The van der Waals surface area contributed by atoms with Crippen molar-refractivity contribution in [2.75, 3.05) is 5.32 Å². The van der Waals surface area contributed by atoms with Crippen LogP contribution in [0, 0.1) is 0 Å². The Morgan fingerprint density at radius 1 is 0.900 bits per heavy atom. The molecule has 6 nitrogen and oxygen atoms in total. The molecule has 0 aliphatic carbocycles. The van der Waals surface area contributed by atoms with Gasteiger partial charge in [0.1, 0.15) is 22.8 Å². The molecule has 0 bridgehead atoms. The molecule has 0 atom stereocenters. The van der Waals surface area contributed by atoms with E-state index in [0.29, 0.717) is 33.8 Å². The van der Waals surface area contributed by atoms with Gasteiger partial charge < -0.3 is 19.2 Å². The highest BCUT2D eigenvalue weighted by molar-refractivity contribution is 6.10. The highest BCUT2D eigenvalue weighted by Crippen LogP contribution is 2.28. The van der Waals surface area contributed by atoms with Gasteiger partial charge in [-0.05, 0) is 60.7 Å². The molecule has 152 valence electrons.